The Kier molecular flexibility index (Phi) is 5.17. The van der Waals surface area contributed by atoms with Crippen molar-refractivity contribution in [3.8, 4) is 0 Å². The summed E-state index contributed by atoms with van der Waals surface area (Å²) in [4.78, 5) is 27.0. The maximum absolute atomic E-state index is 12.1. The molecule has 0 spiro atoms. The Morgan fingerprint density at radius 2 is 2.05 bits per heavy atom. The summed E-state index contributed by atoms with van der Waals surface area (Å²) in [6.45, 7) is 4.95. The van der Waals surface area contributed by atoms with Crippen molar-refractivity contribution in [2.45, 2.75) is 32.7 Å². The van der Waals surface area contributed by atoms with Gasteiger partial charge < -0.3 is 20.2 Å². The molecule has 1 fully saturated rings. The Bertz CT molecular complexity index is 342. The first-order valence-electron chi connectivity index (χ1n) is 6.66. The summed E-state index contributed by atoms with van der Waals surface area (Å²) in [6.07, 6.45) is 2.02. The molecule has 110 valence electrons. The number of carboxylic acids is 1. The molecule has 2 amide bonds. The largest absolute Gasteiger partial charge is 0.481 e. The van der Waals surface area contributed by atoms with Gasteiger partial charge in [0.05, 0.1) is 5.41 Å². The Balaban J connectivity index is 2.51. The smallest absolute Gasteiger partial charge is 0.317 e. The number of hydrogen-bond acceptors (Lipinski definition) is 3. The first kappa shape index (κ1) is 15.8. The van der Waals surface area contributed by atoms with E-state index in [1.807, 2.05) is 19.0 Å². The molecule has 19 heavy (non-hydrogen) atoms. The summed E-state index contributed by atoms with van der Waals surface area (Å²) in [6, 6.07) is 0.0709. The lowest BCUT2D eigenvalue weighted by molar-refractivity contribution is -0.146. The van der Waals surface area contributed by atoms with Crippen LogP contribution in [0, 0.1) is 5.41 Å². The highest BCUT2D eigenvalue weighted by Gasteiger charge is 2.32. The van der Waals surface area contributed by atoms with Crippen LogP contribution in [-0.2, 0) is 4.79 Å². The van der Waals surface area contributed by atoms with Crippen molar-refractivity contribution >= 4 is 12.0 Å². The molecule has 1 aliphatic heterocycles. The fraction of sp³-hybridized carbons (Fsp3) is 0.846. The zero-order valence-corrected chi connectivity index (χ0v) is 12.3. The molecule has 0 saturated carbocycles. The summed E-state index contributed by atoms with van der Waals surface area (Å²) in [5.41, 5.74) is -0.938. The minimum absolute atomic E-state index is 0.145. The standard InChI is InChI=1S/C13H25N3O3/c1-13(2,11(17)18)9-14-12(19)16-7-5-6-10(16)8-15(3)4/h10H,5-9H2,1-4H3,(H,14,19)(H,17,18). The molecular formula is C13H25N3O3. The molecule has 0 aromatic heterocycles. The highest BCUT2D eigenvalue weighted by Crippen LogP contribution is 2.19. The monoisotopic (exact) mass is 271 g/mol. The normalized spacial score (nSPS) is 19.8. The van der Waals surface area contributed by atoms with Crippen molar-refractivity contribution in [3.05, 3.63) is 0 Å². The van der Waals surface area contributed by atoms with E-state index in [2.05, 4.69) is 10.2 Å². The van der Waals surface area contributed by atoms with E-state index in [9.17, 15) is 9.59 Å². The second kappa shape index (κ2) is 6.23. The van der Waals surface area contributed by atoms with Crippen LogP contribution in [0.25, 0.3) is 0 Å². The van der Waals surface area contributed by atoms with Crippen LogP contribution in [0.4, 0.5) is 4.79 Å². The number of carbonyl (C=O) groups is 2. The molecule has 0 radical (unpaired) electrons. The number of hydrogen-bond donors (Lipinski definition) is 2. The van der Waals surface area contributed by atoms with Crippen LogP contribution in [0.1, 0.15) is 26.7 Å². The maximum Gasteiger partial charge on any atom is 0.317 e. The average molecular weight is 271 g/mol. The number of likely N-dealkylation sites (N-methyl/N-ethyl adjacent to an activating group) is 1. The van der Waals surface area contributed by atoms with Crippen molar-refractivity contribution in [2.24, 2.45) is 5.41 Å². The zero-order valence-electron chi connectivity index (χ0n) is 12.3. The van der Waals surface area contributed by atoms with Gasteiger partial charge in [0.15, 0.2) is 0 Å². The van der Waals surface area contributed by atoms with E-state index in [1.54, 1.807) is 13.8 Å². The molecule has 1 rings (SSSR count). The molecule has 1 heterocycles. The first-order valence-corrected chi connectivity index (χ1v) is 6.66. The van der Waals surface area contributed by atoms with Gasteiger partial charge in [-0.3, -0.25) is 4.79 Å². The molecule has 0 aliphatic carbocycles. The maximum atomic E-state index is 12.1. The molecule has 0 aromatic rings. The average Bonchev–Trinajstić information content (AvgIpc) is 2.73. The van der Waals surface area contributed by atoms with E-state index in [1.165, 1.54) is 0 Å². The van der Waals surface area contributed by atoms with Gasteiger partial charge in [-0.2, -0.15) is 0 Å². The second-order valence-corrected chi connectivity index (χ2v) is 6.10. The number of amides is 2. The summed E-state index contributed by atoms with van der Waals surface area (Å²) < 4.78 is 0. The second-order valence-electron chi connectivity index (χ2n) is 6.10. The van der Waals surface area contributed by atoms with Gasteiger partial charge in [0.25, 0.3) is 0 Å². The zero-order chi connectivity index (χ0) is 14.6. The fourth-order valence-electron chi connectivity index (χ4n) is 2.19. The minimum Gasteiger partial charge on any atom is -0.481 e. The molecule has 6 nitrogen and oxygen atoms in total. The number of rotatable bonds is 5. The number of aliphatic carboxylic acids is 1. The number of carbonyl (C=O) groups excluding carboxylic acids is 1. The lowest BCUT2D eigenvalue weighted by Gasteiger charge is -2.28. The predicted molar refractivity (Wildman–Crippen MR) is 73.1 cm³/mol. The predicted octanol–water partition coefficient (Wildman–Crippen LogP) is 0.833. The van der Waals surface area contributed by atoms with Crippen LogP contribution < -0.4 is 5.32 Å². The van der Waals surface area contributed by atoms with Crippen molar-refractivity contribution in [3.63, 3.8) is 0 Å². The highest BCUT2D eigenvalue weighted by atomic mass is 16.4. The van der Waals surface area contributed by atoms with E-state index < -0.39 is 11.4 Å². The Hall–Kier alpha value is -1.30. The van der Waals surface area contributed by atoms with Crippen LogP contribution in [0.2, 0.25) is 0 Å². The summed E-state index contributed by atoms with van der Waals surface area (Å²) >= 11 is 0. The molecular weight excluding hydrogens is 246 g/mol. The molecule has 0 aromatic carbocycles. The molecule has 1 unspecified atom stereocenters. The topological polar surface area (TPSA) is 72.9 Å². The van der Waals surface area contributed by atoms with Crippen molar-refractivity contribution in [1.29, 1.82) is 0 Å². The number of nitrogens with zero attached hydrogens (tertiary/aromatic N) is 2. The number of carboxylic acid groups (broad SMARTS) is 1. The quantitative estimate of drug-likeness (QED) is 0.777. The number of urea groups is 1. The van der Waals surface area contributed by atoms with Gasteiger partial charge in [-0.25, -0.2) is 4.79 Å². The Morgan fingerprint density at radius 3 is 2.58 bits per heavy atom. The van der Waals surface area contributed by atoms with Crippen molar-refractivity contribution < 1.29 is 14.7 Å². The summed E-state index contributed by atoms with van der Waals surface area (Å²) in [5, 5.41) is 11.8. The molecule has 0 bridgehead atoms. The van der Waals surface area contributed by atoms with Crippen LogP contribution in [0.5, 0.6) is 0 Å². The fourth-order valence-corrected chi connectivity index (χ4v) is 2.19. The minimum atomic E-state index is -0.938. The molecule has 6 heteroatoms. The van der Waals surface area contributed by atoms with E-state index in [0.29, 0.717) is 0 Å². The lowest BCUT2D eigenvalue weighted by atomic mass is 9.94. The van der Waals surface area contributed by atoms with Crippen molar-refractivity contribution in [1.82, 2.24) is 15.1 Å². The Morgan fingerprint density at radius 1 is 1.42 bits per heavy atom. The summed E-state index contributed by atoms with van der Waals surface area (Å²) in [7, 11) is 3.98. The van der Waals surface area contributed by atoms with Crippen LogP contribution >= 0.6 is 0 Å². The van der Waals surface area contributed by atoms with Gasteiger partial charge in [-0.05, 0) is 40.8 Å². The van der Waals surface area contributed by atoms with Crippen LogP contribution in [-0.4, -0.2) is 66.7 Å². The number of nitrogens with one attached hydrogen (secondary N) is 1. The number of likely N-dealkylation sites (tertiary alicyclic amines) is 1. The third kappa shape index (κ3) is 4.38. The van der Waals surface area contributed by atoms with Gasteiger partial charge in [0.1, 0.15) is 0 Å². The van der Waals surface area contributed by atoms with Crippen LogP contribution in [0.3, 0.4) is 0 Å². The van der Waals surface area contributed by atoms with E-state index in [0.717, 1.165) is 25.9 Å². The van der Waals surface area contributed by atoms with E-state index >= 15 is 0 Å². The third-order valence-corrected chi connectivity index (χ3v) is 3.47. The SMILES string of the molecule is CN(C)CC1CCCN1C(=O)NCC(C)(C)C(=O)O. The lowest BCUT2D eigenvalue weighted by Crippen LogP contribution is -2.49. The molecule has 2 N–H and O–H groups in total. The van der Waals surface area contributed by atoms with Gasteiger partial charge in [-0.1, -0.05) is 0 Å². The van der Waals surface area contributed by atoms with Gasteiger partial charge in [0, 0.05) is 25.7 Å². The van der Waals surface area contributed by atoms with E-state index in [4.69, 9.17) is 5.11 Å². The molecule has 1 atom stereocenters. The third-order valence-electron chi connectivity index (χ3n) is 3.47. The van der Waals surface area contributed by atoms with Gasteiger partial charge in [0.2, 0.25) is 0 Å². The summed E-state index contributed by atoms with van der Waals surface area (Å²) in [5.74, 6) is -0.904. The Labute approximate surface area is 114 Å². The van der Waals surface area contributed by atoms with Crippen molar-refractivity contribution in [2.75, 3.05) is 33.7 Å². The van der Waals surface area contributed by atoms with Gasteiger partial charge >= 0.3 is 12.0 Å². The molecule has 1 aliphatic rings. The first-order chi connectivity index (χ1) is 8.74. The van der Waals surface area contributed by atoms with Crippen LogP contribution in [0.15, 0.2) is 0 Å². The van der Waals surface area contributed by atoms with Gasteiger partial charge in [-0.15, -0.1) is 0 Å². The molecule has 1 saturated heterocycles. The highest BCUT2D eigenvalue weighted by molar-refractivity contribution is 5.78. The van der Waals surface area contributed by atoms with E-state index in [-0.39, 0.29) is 18.6 Å².